The van der Waals surface area contributed by atoms with Crippen molar-refractivity contribution in [3.8, 4) is 5.75 Å². The van der Waals surface area contributed by atoms with Crippen molar-refractivity contribution in [1.29, 1.82) is 0 Å². The van der Waals surface area contributed by atoms with E-state index in [0.717, 1.165) is 13.0 Å². The molecule has 0 aromatic heterocycles. The fourth-order valence-electron chi connectivity index (χ4n) is 1.98. The Hall–Kier alpha value is -1.82. The van der Waals surface area contributed by atoms with Crippen molar-refractivity contribution >= 4 is 0 Å². The van der Waals surface area contributed by atoms with Gasteiger partial charge < -0.3 is 4.74 Å². The summed E-state index contributed by atoms with van der Waals surface area (Å²) in [5.41, 5.74) is -2.25. The highest BCUT2D eigenvalue weighted by Gasteiger charge is 2.88. The molecule has 0 heterocycles. The smallest absolute Gasteiger partial charge is 0.385 e. The van der Waals surface area contributed by atoms with Crippen LogP contribution in [0.25, 0.3) is 0 Å². The van der Waals surface area contributed by atoms with Gasteiger partial charge in [0.1, 0.15) is 5.75 Å². The van der Waals surface area contributed by atoms with Gasteiger partial charge in [-0.2, -0.15) is 43.9 Å². The zero-order valence-corrected chi connectivity index (χ0v) is 13.3. The minimum Gasteiger partial charge on any atom is -0.496 e. The van der Waals surface area contributed by atoms with Gasteiger partial charge in [0.2, 0.25) is 0 Å². The SMILES string of the molecule is COc1ccc(C)cc1C(F)(F)C(F)(F)C(F)(F)C(F)(F)C(F)(F)C(F)F. The third-order valence-corrected chi connectivity index (χ3v) is 3.57. The summed E-state index contributed by atoms with van der Waals surface area (Å²) in [4.78, 5) is 0. The molecule has 0 amide bonds. The van der Waals surface area contributed by atoms with Gasteiger partial charge in [0.15, 0.2) is 0 Å². The Balaban J connectivity index is 3.66. The first-order valence-electron chi connectivity index (χ1n) is 6.72. The number of ether oxygens (including phenoxy) is 1. The third-order valence-electron chi connectivity index (χ3n) is 3.57. The largest absolute Gasteiger partial charge is 0.496 e. The van der Waals surface area contributed by atoms with E-state index in [9.17, 15) is 52.7 Å². The fraction of sp³-hybridized carbons (Fsp3) is 0.571. The van der Waals surface area contributed by atoms with Crippen LogP contribution >= 0.6 is 0 Å². The molecule has 13 heteroatoms. The summed E-state index contributed by atoms with van der Waals surface area (Å²) >= 11 is 0. The average molecular weight is 422 g/mol. The molecule has 0 aliphatic heterocycles. The van der Waals surface area contributed by atoms with Crippen LogP contribution in [0.2, 0.25) is 0 Å². The van der Waals surface area contributed by atoms with E-state index in [1.54, 1.807) is 0 Å². The number of hydrogen-bond acceptors (Lipinski definition) is 1. The highest BCUT2D eigenvalue weighted by Crippen LogP contribution is 2.61. The lowest BCUT2D eigenvalue weighted by atomic mass is 9.90. The van der Waals surface area contributed by atoms with E-state index in [1.807, 2.05) is 0 Å². The van der Waals surface area contributed by atoms with Crippen LogP contribution in [0.4, 0.5) is 52.7 Å². The van der Waals surface area contributed by atoms with Gasteiger partial charge in [0.05, 0.1) is 12.7 Å². The molecule has 0 aliphatic rings. The second-order valence-corrected chi connectivity index (χ2v) is 5.42. The number of halogens is 12. The summed E-state index contributed by atoms with van der Waals surface area (Å²) in [5.74, 6) is -36.7. The molecule has 27 heavy (non-hydrogen) atoms. The molecule has 0 aliphatic carbocycles. The highest BCUT2D eigenvalue weighted by atomic mass is 19.4. The molecule has 156 valence electrons. The zero-order valence-electron chi connectivity index (χ0n) is 13.3. The zero-order chi connectivity index (χ0) is 21.6. The van der Waals surface area contributed by atoms with Crippen LogP contribution in [0.5, 0.6) is 5.75 Å². The molecule has 0 atom stereocenters. The monoisotopic (exact) mass is 422 g/mol. The van der Waals surface area contributed by atoms with Gasteiger partial charge in [-0.15, -0.1) is 0 Å². The minimum absolute atomic E-state index is 0.173. The second-order valence-electron chi connectivity index (χ2n) is 5.42. The van der Waals surface area contributed by atoms with E-state index in [0.29, 0.717) is 13.2 Å². The minimum atomic E-state index is -7.57. The molecule has 1 aromatic carbocycles. The normalized spacial score (nSPS) is 14.6. The van der Waals surface area contributed by atoms with Crippen LogP contribution < -0.4 is 4.74 Å². The molecular weight excluding hydrogens is 412 g/mol. The summed E-state index contributed by atoms with van der Waals surface area (Å²) in [7, 11) is 0.653. The third kappa shape index (κ3) is 3.18. The lowest BCUT2D eigenvalue weighted by molar-refractivity contribution is -0.415. The molecule has 0 saturated carbocycles. The van der Waals surface area contributed by atoms with Crippen molar-refractivity contribution in [3.63, 3.8) is 0 Å². The van der Waals surface area contributed by atoms with Gasteiger partial charge in [-0.25, -0.2) is 8.78 Å². The maximum absolute atomic E-state index is 14.1. The van der Waals surface area contributed by atoms with Crippen molar-refractivity contribution in [2.24, 2.45) is 0 Å². The number of benzene rings is 1. The molecular formula is C14H10F12O. The first kappa shape index (κ1) is 23.2. The standard InChI is InChI=1S/C14H10F12O/c1-6-3-4-8(27-2)7(5-6)10(17,18)12(21,22)14(25,26)13(23,24)11(19,20)9(15)16/h3-5,9H,1-2H3. The Morgan fingerprint density at radius 2 is 1.26 bits per heavy atom. The molecule has 0 fully saturated rings. The van der Waals surface area contributed by atoms with E-state index < -0.39 is 47.4 Å². The van der Waals surface area contributed by atoms with E-state index >= 15 is 0 Å². The quantitative estimate of drug-likeness (QED) is 0.497. The van der Waals surface area contributed by atoms with Crippen LogP contribution in [0, 0.1) is 6.92 Å². The summed E-state index contributed by atoms with van der Waals surface area (Å²) < 4.78 is 163. The number of hydrogen-bond donors (Lipinski definition) is 0. The Morgan fingerprint density at radius 1 is 0.778 bits per heavy atom. The van der Waals surface area contributed by atoms with Crippen LogP contribution in [0.3, 0.4) is 0 Å². The Labute approximate surface area is 143 Å². The van der Waals surface area contributed by atoms with Gasteiger partial charge in [0, 0.05) is 0 Å². The van der Waals surface area contributed by atoms with Crippen LogP contribution in [0.15, 0.2) is 18.2 Å². The van der Waals surface area contributed by atoms with Crippen molar-refractivity contribution in [2.75, 3.05) is 7.11 Å². The van der Waals surface area contributed by atoms with Gasteiger partial charge in [-0.3, -0.25) is 0 Å². The molecule has 0 spiro atoms. The molecule has 1 rings (SSSR count). The van der Waals surface area contributed by atoms with Gasteiger partial charge in [0.25, 0.3) is 0 Å². The van der Waals surface area contributed by atoms with Gasteiger partial charge >= 0.3 is 36.0 Å². The number of methoxy groups -OCH3 is 1. The second kappa shape index (κ2) is 6.66. The summed E-state index contributed by atoms with van der Waals surface area (Å²) in [6, 6.07) is 1.79. The predicted octanol–water partition coefficient (Wildman–Crippen LogP) is 5.90. The summed E-state index contributed by atoms with van der Waals surface area (Å²) in [6.45, 7) is 1.04. The molecule has 0 unspecified atom stereocenters. The lowest BCUT2D eigenvalue weighted by Gasteiger charge is -2.39. The molecule has 0 N–H and O–H groups in total. The molecule has 1 aromatic rings. The van der Waals surface area contributed by atoms with Crippen molar-refractivity contribution in [3.05, 3.63) is 29.3 Å². The van der Waals surface area contributed by atoms with Crippen LogP contribution in [0.1, 0.15) is 11.1 Å². The molecule has 1 nitrogen and oxygen atoms in total. The van der Waals surface area contributed by atoms with Gasteiger partial charge in [-0.05, 0) is 19.1 Å². The molecule has 0 saturated heterocycles. The summed E-state index contributed by atoms with van der Waals surface area (Å²) in [5, 5.41) is 0. The Morgan fingerprint density at radius 3 is 1.67 bits per heavy atom. The van der Waals surface area contributed by atoms with Gasteiger partial charge in [-0.1, -0.05) is 11.6 Å². The van der Waals surface area contributed by atoms with Crippen molar-refractivity contribution in [1.82, 2.24) is 0 Å². The number of aryl methyl sites for hydroxylation is 1. The van der Waals surface area contributed by atoms with E-state index in [1.165, 1.54) is 0 Å². The molecule has 0 radical (unpaired) electrons. The first-order chi connectivity index (χ1) is 11.9. The van der Waals surface area contributed by atoms with Crippen molar-refractivity contribution in [2.45, 2.75) is 43.0 Å². The Bertz CT molecular complexity index is 683. The maximum atomic E-state index is 14.1. The summed E-state index contributed by atoms with van der Waals surface area (Å²) in [6.07, 6.45) is -5.53. The number of alkyl halides is 12. The highest BCUT2D eigenvalue weighted by molar-refractivity contribution is 5.41. The lowest BCUT2D eigenvalue weighted by Crippen LogP contribution is -2.67. The maximum Gasteiger partial charge on any atom is 0.385 e. The topological polar surface area (TPSA) is 9.23 Å². The van der Waals surface area contributed by atoms with E-state index in [4.69, 9.17) is 0 Å². The van der Waals surface area contributed by atoms with Crippen LogP contribution in [-0.2, 0) is 5.92 Å². The van der Waals surface area contributed by atoms with E-state index in [2.05, 4.69) is 4.74 Å². The number of rotatable bonds is 7. The first-order valence-corrected chi connectivity index (χ1v) is 6.72. The fourth-order valence-corrected chi connectivity index (χ4v) is 1.98. The predicted molar refractivity (Wildman–Crippen MR) is 67.4 cm³/mol. The van der Waals surface area contributed by atoms with E-state index in [-0.39, 0.29) is 11.6 Å². The average Bonchev–Trinajstić information content (AvgIpc) is 2.53. The van der Waals surface area contributed by atoms with Crippen molar-refractivity contribution < 1.29 is 57.4 Å². The van der Waals surface area contributed by atoms with Crippen LogP contribution in [-0.4, -0.2) is 37.2 Å². The Kier molecular flexibility index (Phi) is 5.72. The molecule has 0 bridgehead atoms.